The molecule has 6 aromatic carbocycles. The molecule has 0 radical (unpaired) electrons. The molecule has 9 aromatic rings. The van der Waals surface area contributed by atoms with Gasteiger partial charge in [0.25, 0.3) is 11.1 Å². The number of hydrogen-bond acceptors (Lipinski definition) is 4. The molecule has 3 heterocycles. The van der Waals surface area contributed by atoms with Crippen molar-refractivity contribution < 1.29 is 0 Å². The first-order valence-electron chi connectivity index (χ1n) is 10.9. The first kappa shape index (κ1) is 17.4. The summed E-state index contributed by atoms with van der Waals surface area (Å²) in [6.45, 7) is 7.90. The standard InChI is InChI=1S/C28H10N2O2S2/c1-29-15-9-14-12-6-8-34-26(12)22-20-18(14)17-13(15)4-3-10-11-5-7-33-25(11)21(19(20)16(10)17)23-24(22)28(32)30(2)27(23)31/h3-9H,2H3. The van der Waals surface area contributed by atoms with Gasteiger partial charge in [0.05, 0.1) is 17.3 Å². The van der Waals surface area contributed by atoms with Crippen molar-refractivity contribution in [3.8, 4) is 0 Å². The van der Waals surface area contributed by atoms with Gasteiger partial charge in [0.2, 0.25) is 0 Å². The average Bonchev–Trinajstić information content (AvgIpc) is 3.63. The number of rotatable bonds is 0. The molecule has 0 aliphatic carbocycles. The molecule has 0 fully saturated rings. The van der Waals surface area contributed by atoms with E-state index in [0.717, 1.165) is 74.0 Å². The fraction of sp³-hybridized carbons (Fsp3) is 0.0357. The smallest absolute Gasteiger partial charge is 0.261 e. The molecule has 34 heavy (non-hydrogen) atoms. The molecule has 0 aliphatic heterocycles. The molecular weight excluding hydrogens is 460 g/mol. The second-order valence-corrected chi connectivity index (χ2v) is 10.9. The summed E-state index contributed by atoms with van der Waals surface area (Å²) in [5.74, 6) is 0. The van der Waals surface area contributed by atoms with E-state index < -0.39 is 0 Å². The van der Waals surface area contributed by atoms with Crippen LogP contribution in [-0.2, 0) is 7.05 Å². The molecule has 0 spiro atoms. The Morgan fingerprint density at radius 3 is 1.79 bits per heavy atom. The van der Waals surface area contributed by atoms with Gasteiger partial charge < -0.3 is 0 Å². The second-order valence-electron chi connectivity index (χ2n) is 9.09. The molecule has 0 aliphatic rings. The maximum atomic E-state index is 13.6. The summed E-state index contributed by atoms with van der Waals surface area (Å²) < 4.78 is 3.33. The van der Waals surface area contributed by atoms with Gasteiger partial charge >= 0.3 is 0 Å². The van der Waals surface area contributed by atoms with Crippen LogP contribution in [0.3, 0.4) is 0 Å². The fourth-order valence-electron chi connectivity index (χ4n) is 6.54. The minimum Gasteiger partial charge on any atom is -0.277 e. The lowest BCUT2D eigenvalue weighted by atomic mass is 9.93. The van der Waals surface area contributed by atoms with Crippen LogP contribution < -0.4 is 11.1 Å². The lowest BCUT2D eigenvalue weighted by molar-refractivity contribution is 0.857. The van der Waals surface area contributed by atoms with Gasteiger partial charge in [-0.1, -0.05) is 12.1 Å². The van der Waals surface area contributed by atoms with Crippen LogP contribution in [0.1, 0.15) is 0 Å². The number of aromatic nitrogens is 1. The minimum atomic E-state index is -0.231. The van der Waals surface area contributed by atoms with Crippen LogP contribution in [0, 0.1) is 6.57 Å². The van der Waals surface area contributed by atoms with Gasteiger partial charge in [-0.05, 0) is 66.7 Å². The largest absolute Gasteiger partial charge is 0.277 e. The van der Waals surface area contributed by atoms with Crippen molar-refractivity contribution in [3.63, 3.8) is 0 Å². The zero-order valence-corrected chi connectivity index (χ0v) is 19.2. The lowest BCUT2D eigenvalue weighted by Gasteiger charge is -2.10. The lowest BCUT2D eigenvalue weighted by Crippen LogP contribution is -2.21. The molecule has 0 saturated heterocycles. The van der Waals surface area contributed by atoms with Crippen LogP contribution in [0.25, 0.3) is 89.7 Å². The zero-order chi connectivity index (χ0) is 22.6. The minimum absolute atomic E-state index is 0.231. The summed E-state index contributed by atoms with van der Waals surface area (Å²) in [6.07, 6.45) is 0. The van der Waals surface area contributed by atoms with Crippen LogP contribution in [0.4, 0.5) is 5.69 Å². The molecule has 0 saturated carbocycles. The Balaban J connectivity index is 1.91. The van der Waals surface area contributed by atoms with Crippen LogP contribution >= 0.6 is 22.7 Å². The van der Waals surface area contributed by atoms with E-state index in [0.29, 0.717) is 16.5 Å². The summed E-state index contributed by atoms with van der Waals surface area (Å²) >= 11 is 3.22. The van der Waals surface area contributed by atoms with E-state index in [4.69, 9.17) is 6.57 Å². The molecule has 0 bridgehead atoms. The predicted octanol–water partition coefficient (Wildman–Crippen LogP) is 7.40. The third kappa shape index (κ3) is 1.54. The molecule has 4 nitrogen and oxygen atoms in total. The number of fused-ring (bicyclic) bond motifs is 9. The van der Waals surface area contributed by atoms with Crippen LogP contribution in [0.2, 0.25) is 0 Å². The van der Waals surface area contributed by atoms with Gasteiger partial charge in [0.15, 0.2) is 5.69 Å². The highest BCUT2D eigenvalue weighted by atomic mass is 32.1. The Labute approximate surface area is 197 Å². The van der Waals surface area contributed by atoms with Crippen molar-refractivity contribution in [1.29, 1.82) is 0 Å². The van der Waals surface area contributed by atoms with Crippen molar-refractivity contribution in [2.75, 3.05) is 0 Å². The van der Waals surface area contributed by atoms with Crippen molar-refractivity contribution in [2.45, 2.75) is 0 Å². The monoisotopic (exact) mass is 470 g/mol. The Hall–Kier alpha value is -4.05. The molecule has 3 aromatic heterocycles. The number of benzene rings is 5. The number of thiophene rings is 2. The average molecular weight is 471 g/mol. The van der Waals surface area contributed by atoms with Crippen molar-refractivity contribution in [3.05, 3.63) is 73.2 Å². The van der Waals surface area contributed by atoms with Gasteiger partial charge in [-0.2, -0.15) is 0 Å². The Kier molecular flexibility index (Phi) is 2.67. The van der Waals surface area contributed by atoms with E-state index in [9.17, 15) is 9.59 Å². The molecule has 6 heteroatoms. The van der Waals surface area contributed by atoms with Gasteiger partial charge in [-0.3, -0.25) is 14.2 Å². The topological polar surface area (TPSA) is 43.4 Å². The second kappa shape index (κ2) is 5.20. The molecule has 9 rings (SSSR count). The molecule has 156 valence electrons. The SMILES string of the molecule is [C-]#[N+]c1cc2c3ccsc3c3c4c(=O)n(C)c(=O)c4c4c5sccc5c5ccc1c1c5c4c3c21. The van der Waals surface area contributed by atoms with Gasteiger partial charge in [0, 0.05) is 43.4 Å². The Morgan fingerprint density at radius 1 is 0.647 bits per heavy atom. The van der Waals surface area contributed by atoms with Gasteiger partial charge in [-0.25, -0.2) is 4.85 Å². The fourth-order valence-corrected chi connectivity index (χ4v) is 8.47. The summed E-state index contributed by atoms with van der Waals surface area (Å²) in [7, 11) is 1.58. The van der Waals surface area contributed by atoms with Crippen molar-refractivity contribution in [2.24, 2.45) is 7.05 Å². The molecule has 0 amide bonds. The summed E-state index contributed by atoms with van der Waals surface area (Å²) in [5, 5.41) is 17.7. The quantitative estimate of drug-likeness (QED) is 0.171. The van der Waals surface area contributed by atoms with E-state index in [1.807, 2.05) is 11.4 Å². The molecule has 0 unspecified atom stereocenters. The number of nitrogens with zero attached hydrogens (tertiary/aromatic N) is 2. The summed E-state index contributed by atoms with van der Waals surface area (Å²) in [5.41, 5.74) is 0.179. The Morgan fingerprint density at radius 2 is 1.18 bits per heavy atom. The molecule has 0 N–H and O–H groups in total. The Bertz CT molecular complexity index is 2440. The highest BCUT2D eigenvalue weighted by Crippen LogP contribution is 2.57. The van der Waals surface area contributed by atoms with Gasteiger partial charge in [0.1, 0.15) is 0 Å². The van der Waals surface area contributed by atoms with Gasteiger partial charge in [-0.15, -0.1) is 22.7 Å². The third-order valence-electron chi connectivity index (χ3n) is 7.80. The van der Waals surface area contributed by atoms with E-state index in [-0.39, 0.29) is 11.1 Å². The summed E-state index contributed by atoms with van der Waals surface area (Å²) in [4.78, 5) is 31.0. The van der Waals surface area contributed by atoms with E-state index in [1.165, 1.54) is 4.57 Å². The first-order chi connectivity index (χ1) is 16.6. The highest BCUT2D eigenvalue weighted by molar-refractivity contribution is 7.19. The van der Waals surface area contributed by atoms with Crippen LogP contribution in [-0.4, -0.2) is 4.57 Å². The first-order valence-corrected chi connectivity index (χ1v) is 12.6. The molecular formula is C28H10N2O2S2. The van der Waals surface area contributed by atoms with E-state index in [1.54, 1.807) is 29.7 Å². The van der Waals surface area contributed by atoms with Crippen LogP contribution in [0.5, 0.6) is 0 Å². The predicted molar refractivity (Wildman–Crippen MR) is 145 cm³/mol. The van der Waals surface area contributed by atoms with Crippen molar-refractivity contribution in [1.82, 2.24) is 4.57 Å². The van der Waals surface area contributed by atoms with E-state index in [2.05, 4.69) is 34.5 Å². The highest BCUT2D eigenvalue weighted by Gasteiger charge is 2.30. The van der Waals surface area contributed by atoms with Crippen LogP contribution in [0.15, 0.2) is 50.7 Å². The maximum absolute atomic E-state index is 13.6. The maximum Gasteiger partial charge on any atom is 0.261 e. The van der Waals surface area contributed by atoms with Crippen molar-refractivity contribution >= 4 is 113 Å². The van der Waals surface area contributed by atoms with E-state index >= 15 is 0 Å². The zero-order valence-electron chi connectivity index (χ0n) is 17.6. The molecule has 0 atom stereocenters. The summed E-state index contributed by atoms with van der Waals surface area (Å²) in [6, 6.07) is 10.4. The number of hydrogen-bond donors (Lipinski definition) is 0. The third-order valence-corrected chi connectivity index (χ3v) is 9.67. The normalized spacial score (nSPS) is 13.1.